The molecule has 1 unspecified atom stereocenters. The van der Waals surface area contributed by atoms with E-state index < -0.39 is 0 Å². The fraction of sp³-hybridized carbons (Fsp3) is 0.526. The normalized spacial score (nSPS) is 16.7. The van der Waals surface area contributed by atoms with Crippen LogP contribution in [-0.2, 0) is 20.0 Å². The van der Waals surface area contributed by atoms with Gasteiger partial charge in [-0.05, 0) is 42.0 Å². The third-order valence-corrected chi connectivity index (χ3v) is 4.82. The highest BCUT2D eigenvalue weighted by molar-refractivity contribution is 5.50. The van der Waals surface area contributed by atoms with Crippen LogP contribution in [0.25, 0.3) is 0 Å². The summed E-state index contributed by atoms with van der Waals surface area (Å²) in [7, 11) is 6.11. The monoisotopic (exact) mass is 330 g/mol. The Morgan fingerprint density at radius 3 is 2.79 bits per heavy atom. The van der Waals surface area contributed by atoms with Gasteiger partial charge in [0, 0.05) is 39.3 Å². The van der Waals surface area contributed by atoms with Gasteiger partial charge in [-0.2, -0.15) is 5.10 Å². The maximum Gasteiger partial charge on any atom is 0.130 e. The van der Waals surface area contributed by atoms with Crippen molar-refractivity contribution in [3.63, 3.8) is 0 Å². The quantitative estimate of drug-likeness (QED) is 0.910. The second-order valence-corrected chi connectivity index (χ2v) is 7.18. The van der Waals surface area contributed by atoms with Gasteiger partial charge < -0.3 is 10.2 Å². The fourth-order valence-corrected chi connectivity index (χ4v) is 3.80. The third-order valence-electron chi connectivity index (χ3n) is 4.82. The Morgan fingerprint density at radius 2 is 2.12 bits per heavy atom. The molecule has 2 aromatic rings. The van der Waals surface area contributed by atoms with E-state index in [1.165, 1.54) is 11.1 Å². The Hall–Kier alpha value is -1.88. The van der Waals surface area contributed by atoms with Crippen LogP contribution in [0.5, 0.6) is 0 Å². The van der Waals surface area contributed by atoms with E-state index in [0.717, 1.165) is 36.5 Å². The fourth-order valence-electron chi connectivity index (χ4n) is 3.80. The molecule has 5 heteroatoms. The minimum absolute atomic E-state index is 0.140. The average molecular weight is 330 g/mol. The van der Waals surface area contributed by atoms with Crippen molar-refractivity contribution in [3.8, 4) is 0 Å². The average Bonchev–Trinajstić information content (AvgIpc) is 3.05. The summed E-state index contributed by atoms with van der Waals surface area (Å²) in [6.07, 6.45) is 1.96. The molecule has 1 aromatic heterocycles. The summed E-state index contributed by atoms with van der Waals surface area (Å²) < 4.78 is 15.4. The van der Waals surface area contributed by atoms with Gasteiger partial charge in [-0.1, -0.05) is 19.9 Å². The number of halogens is 1. The number of nitrogens with one attached hydrogen (secondary N) is 1. The Balaban J connectivity index is 1.83. The molecule has 24 heavy (non-hydrogen) atoms. The molecule has 0 bridgehead atoms. The first-order valence-corrected chi connectivity index (χ1v) is 8.63. The maximum absolute atomic E-state index is 13.4. The van der Waals surface area contributed by atoms with E-state index in [9.17, 15) is 4.39 Å². The van der Waals surface area contributed by atoms with Crippen molar-refractivity contribution < 1.29 is 4.39 Å². The van der Waals surface area contributed by atoms with Crippen LogP contribution in [-0.4, -0.2) is 23.9 Å². The van der Waals surface area contributed by atoms with Crippen LogP contribution >= 0.6 is 0 Å². The molecule has 3 rings (SSSR count). The summed E-state index contributed by atoms with van der Waals surface area (Å²) in [4.78, 5) is 2.12. The second kappa shape index (κ2) is 6.55. The van der Waals surface area contributed by atoms with Crippen LogP contribution in [0.3, 0.4) is 0 Å². The van der Waals surface area contributed by atoms with Crippen molar-refractivity contribution >= 4 is 5.82 Å². The molecule has 4 nitrogen and oxygen atoms in total. The molecule has 1 N–H and O–H groups in total. The molecule has 0 aliphatic heterocycles. The predicted octanol–water partition coefficient (Wildman–Crippen LogP) is 3.53. The van der Waals surface area contributed by atoms with E-state index >= 15 is 0 Å². The van der Waals surface area contributed by atoms with Crippen molar-refractivity contribution in [3.05, 3.63) is 46.4 Å². The molecular formula is C19H27FN4. The first-order valence-electron chi connectivity index (χ1n) is 8.63. The van der Waals surface area contributed by atoms with E-state index in [1.54, 1.807) is 12.1 Å². The van der Waals surface area contributed by atoms with Crippen molar-refractivity contribution in [2.24, 2.45) is 7.05 Å². The van der Waals surface area contributed by atoms with Crippen LogP contribution in [0, 0.1) is 5.82 Å². The third kappa shape index (κ3) is 3.05. The number of anilines is 1. The number of fused-ring (bicyclic) bond motifs is 1. The van der Waals surface area contributed by atoms with E-state index in [2.05, 4.69) is 38.2 Å². The topological polar surface area (TPSA) is 33.1 Å². The minimum atomic E-state index is -0.140. The zero-order valence-corrected chi connectivity index (χ0v) is 15.2. The molecule has 1 aliphatic rings. The number of hydrogen-bond donors (Lipinski definition) is 1. The van der Waals surface area contributed by atoms with Gasteiger partial charge in [0.2, 0.25) is 0 Å². The zero-order chi connectivity index (χ0) is 17.4. The summed E-state index contributed by atoms with van der Waals surface area (Å²) >= 11 is 0. The predicted molar refractivity (Wildman–Crippen MR) is 95.9 cm³/mol. The number of nitrogens with zero attached hydrogens (tertiary/aromatic N) is 3. The molecule has 0 saturated heterocycles. The van der Waals surface area contributed by atoms with E-state index in [-0.39, 0.29) is 11.9 Å². The number of aromatic nitrogens is 2. The van der Waals surface area contributed by atoms with Crippen LogP contribution in [0.1, 0.15) is 54.6 Å². The molecule has 1 aliphatic carbocycles. The van der Waals surface area contributed by atoms with Crippen LogP contribution in [0.2, 0.25) is 0 Å². The highest BCUT2D eigenvalue weighted by Gasteiger charge is 2.25. The molecular weight excluding hydrogens is 303 g/mol. The Labute approximate surface area is 143 Å². The maximum atomic E-state index is 13.4. The van der Waals surface area contributed by atoms with E-state index in [4.69, 9.17) is 5.10 Å². The molecule has 0 spiro atoms. The standard InChI is InChI=1S/C19H27FN4/c1-12(2)18-16(19(23(3)4)24(5)22-18)11-21-17-9-6-13-10-14(20)7-8-15(13)17/h7-8,10,12,17,21H,6,9,11H2,1-5H3. The minimum Gasteiger partial charge on any atom is -0.363 e. The summed E-state index contributed by atoms with van der Waals surface area (Å²) in [5, 5.41) is 8.39. The Morgan fingerprint density at radius 1 is 1.38 bits per heavy atom. The lowest BCUT2D eigenvalue weighted by Crippen LogP contribution is -2.22. The second-order valence-electron chi connectivity index (χ2n) is 7.18. The summed E-state index contributed by atoms with van der Waals surface area (Å²) in [5.74, 6) is 1.38. The first kappa shape index (κ1) is 17.0. The molecule has 1 heterocycles. The van der Waals surface area contributed by atoms with Crippen molar-refractivity contribution in [2.45, 2.75) is 45.2 Å². The Bertz CT molecular complexity index is 733. The van der Waals surface area contributed by atoms with Gasteiger partial charge in [-0.3, -0.25) is 4.68 Å². The van der Waals surface area contributed by atoms with Gasteiger partial charge in [0.25, 0.3) is 0 Å². The molecule has 130 valence electrons. The van der Waals surface area contributed by atoms with Crippen molar-refractivity contribution in [1.29, 1.82) is 0 Å². The molecule has 0 amide bonds. The smallest absolute Gasteiger partial charge is 0.130 e. The van der Waals surface area contributed by atoms with E-state index in [0.29, 0.717) is 5.92 Å². The number of aryl methyl sites for hydroxylation is 2. The molecule has 0 radical (unpaired) electrons. The SMILES string of the molecule is CC(C)c1nn(C)c(N(C)C)c1CNC1CCc2cc(F)ccc21. The van der Waals surface area contributed by atoms with Crippen LogP contribution in [0.15, 0.2) is 18.2 Å². The highest BCUT2D eigenvalue weighted by atomic mass is 19.1. The zero-order valence-electron chi connectivity index (χ0n) is 15.2. The Kier molecular flexibility index (Phi) is 4.63. The lowest BCUT2D eigenvalue weighted by atomic mass is 10.0. The van der Waals surface area contributed by atoms with Gasteiger partial charge in [0.05, 0.1) is 5.69 Å². The highest BCUT2D eigenvalue weighted by Crippen LogP contribution is 2.33. The summed E-state index contributed by atoms with van der Waals surface area (Å²) in [6, 6.07) is 5.45. The molecule has 0 saturated carbocycles. The van der Waals surface area contributed by atoms with Gasteiger partial charge in [-0.25, -0.2) is 4.39 Å². The molecule has 0 fully saturated rings. The number of rotatable bonds is 5. The van der Waals surface area contributed by atoms with Gasteiger partial charge >= 0.3 is 0 Å². The summed E-state index contributed by atoms with van der Waals surface area (Å²) in [5.41, 5.74) is 4.77. The van der Waals surface area contributed by atoms with Crippen molar-refractivity contribution in [1.82, 2.24) is 15.1 Å². The van der Waals surface area contributed by atoms with Crippen LogP contribution in [0.4, 0.5) is 10.2 Å². The van der Waals surface area contributed by atoms with Gasteiger partial charge in [0.15, 0.2) is 0 Å². The summed E-state index contributed by atoms with van der Waals surface area (Å²) in [6.45, 7) is 5.13. The lowest BCUT2D eigenvalue weighted by molar-refractivity contribution is 0.527. The van der Waals surface area contributed by atoms with Gasteiger partial charge in [-0.15, -0.1) is 0 Å². The lowest BCUT2D eigenvalue weighted by Gasteiger charge is -2.19. The van der Waals surface area contributed by atoms with Crippen LogP contribution < -0.4 is 10.2 Å². The molecule has 1 aromatic carbocycles. The number of hydrogen-bond acceptors (Lipinski definition) is 3. The van der Waals surface area contributed by atoms with E-state index in [1.807, 2.05) is 17.8 Å². The van der Waals surface area contributed by atoms with Crippen molar-refractivity contribution in [2.75, 3.05) is 19.0 Å². The first-order chi connectivity index (χ1) is 11.4. The number of benzene rings is 1. The largest absolute Gasteiger partial charge is 0.363 e. The van der Waals surface area contributed by atoms with Gasteiger partial charge in [0.1, 0.15) is 11.6 Å². The molecule has 1 atom stereocenters.